The number of rotatable bonds is 2. The van der Waals surface area contributed by atoms with Crippen molar-refractivity contribution in [2.45, 2.75) is 19.0 Å². The molecule has 0 N–H and O–H groups in total. The van der Waals surface area contributed by atoms with Gasteiger partial charge in [-0.3, -0.25) is 9.69 Å². The minimum atomic E-state index is -4.79. The van der Waals surface area contributed by atoms with E-state index < -0.39 is 23.3 Å². The lowest BCUT2D eigenvalue weighted by Crippen LogP contribution is -2.44. The van der Waals surface area contributed by atoms with Crippen molar-refractivity contribution in [2.24, 2.45) is 0 Å². The highest BCUT2D eigenvalue weighted by Crippen LogP contribution is 2.35. The Morgan fingerprint density at radius 2 is 1.87 bits per heavy atom. The number of nitrogens with zero attached hydrogens (tertiary/aromatic N) is 4. The average molecular weight is 440 g/mol. The molecule has 1 amide bonds. The monoisotopic (exact) mass is 440 g/mol. The number of carbonyl (C=O) groups is 1. The van der Waals surface area contributed by atoms with Crippen LogP contribution in [0.15, 0.2) is 54.7 Å². The van der Waals surface area contributed by atoms with Crippen LogP contribution >= 0.6 is 12.2 Å². The summed E-state index contributed by atoms with van der Waals surface area (Å²) in [5.41, 5.74) is -1.31. The van der Waals surface area contributed by atoms with Crippen molar-refractivity contribution in [1.82, 2.24) is 4.98 Å². The zero-order chi connectivity index (χ0) is 22.2. The molecule has 31 heavy (non-hydrogen) atoms. The van der Waals surface area contributed by atoms with E-state index >= 15 is 0 Å². The van der Waals surface area contributed by atoms with Gasteiger partial charge in [-0.15, -0.1) is 0 Å². The molecule has 1 aromatic heterocycles. The number of hydrogen-bond acceptors (Lipinski definition) is 4. The van der Waals surface area contributed by atoms with Crippen molar-refractivity contribution < 1.29 is 18.0 Å². The summed E-state index contributed by atoms with van der Waals surface area (Å²) in [6, 6.07) is 15.5. The van der Waals surface area contributed by atoms with Crippen LogP contribution in [0.5, 0.6) is 0 Å². The van der Waals surface area contributed by atoms with E-state index in [9.17, 15) is 18.0 Å². The highest BCUT2D eigenvalue weighted by Gasteiger charge is 2.37. The van der Waals surface area contributed by atoms with Gasteiger partial charge in [0, 0.05) is 18.4 Å². The van der Waals surface area contributed by atoms with E-state index in [1.165, 1.54) is 6.07 Å². The Kier molecular flexibility index (Phi) is 5.33. The van der Waals surface area contributed by atoms with Gasteiger partial charge in [0.1, 0.15) is 6.07 Å². The molecular weight excluding hydrogens is 425 g/mol. The number of amides is 1. The third-order valence-corrected chi connectivity index (χ3v) is 5.45. The number of alkyl halides is 3. The second-order valence-electron chi connectivity index (χ2n) is 6.96. The van der Waals surface area contributed by atoms with Crippen LogP contribution < -0.4 is 9.80 Å². The standard InChI is InChI=1S/C22H15F3N4OS/c23-22(24,25)17-11-15(13-27-18(17)12-26)29-20(30)9-4-10-28(21(29)31)19-8-3-6-14-5-1-2-7-16(14)19/h1-3,5-8,11,13H,4,9-10H2. The van der Waals surface area contributed by atoms with Crippen molar-refractivity contribution in [1.29, 1.82) is 5.26 Å². The van der Waals surface area contributed by atoms with E-state index in [4.69, 9.17) is 17.5 Å². The van der Waals surface area contributed by atoms with Crippen molar-refractivity contribution in [2.75, 3.05) is 16.3 Å². The first kappa shape index (κ1) is 20.8. The Bertz CT molecular complexity index is 1230. The number of pyridine rings is 1. The molecule has 1 saturated heterocycles. The number of anilines is 2. The van der Waals surface area contributed by atoms with E-state index in [1.54, 1.807) is 4.90 Å². The minimum absolute atomic E-state index is 0.0680. The Balaban J connectivity index is 1.82. The fourth-order valence-electron chi connectivity index (χ4n) is 3.63. The SMILES string of the molecule is N#Cc1ncc(N2C(=O)CCCN(c3cccc4ccccc34)C2=S)cc1C(F)(F)F. The molecule has 0 saturated carbocycles. The van der Waals surface area contributed by atoms with Gasteiger partial charge in [0.15, 0.2) is 10.8 Å². The molecule has 5 nitrogen and oxygen atoms in total. The molecule has 156 valence electrons. The molecule has 0 radical (unpaired) electrons. The van der Waals surface area contributed by atoms with E-state index in [0.29, 0.717) is 13.0 Å². The molecule has 0 bridgehead atoms. The summed E-state index contributed by atoms with van der Waals surface area (Å²) in [4.78, 5) is 19.3. The van der Waals surface area contributed by atoms with E-state index in [-0.39, 0.29) is 17.2 Å². The quantitative estimate of drug-likeness (QED) is 0.523. The third kappa shape index (κ3) is 3.82. The second-order valence-corrected chi connectivity index (χ2v) is 7.33. The highest BCUT2D eigenvalue weighted by molar-refractivity contribution is 7.81. The molecular formula is C22H15F3N4OS. The Hall–Kier alpha value is -3.51. The first-order valence-electron chi connectivity index (χ1n) is 9.41. The maximum Gasteiger partial charge on any atom is 0.419 e. The minimum Gasteiger partial charge on any atom is -0.318 e. The summed E-state index contributed by atoms with van der Waals surface area (Å²) >= 11 is 5.59. The molecule has 2 aromatic carbocycles. The van der Waals surface area contributed by atoms with Crippen LogP contribution in [0.4, 0.5) is 24.5 Å². The van der Waals surface area contributed by atoms with E-state index in [0.717, 1.165) is 33.6 Å². The molecule has 0 unspecified atom stereocenters. The van der Waals surface area contributed by atoms with Gasteiger partial charge >= 0.3 is 6.18 Å². The van der Waals surface area contributed by atoms with Gasteiger partial charge in [0.2, 0.25) is 5.91 Å². The smallest absolute Gasteiger partial charge is 0.318 e. The summed E-state index contributed by atoms with van der Waals surface area (Å²) in [5, 5.41) is 11.0. The van der Waals surface area contributed by atoms with Crippen molar-refractivity contribution >= 4 is 45.4 Å². The molecule has 1 fully saturated rings. The molecule has 4 rings (SSSR count). The van der Waals surface area contributed by atoms with Crippen LogP contribution in [0.2, 0.25) is 0 Å². The fraction of sp³-hybridized carbons (Fsp3) is 0.182. The van der Waals surface area contributed by atoms with E-state index in [2.05, 4.69) is 4.98 Å². The first-order valence-corrected chi connectivity index (χ1v) is 9.81. The van der Waals surface area contributed by atoms with Gasteiger partial charge in [-0.1, -0.05) is 36.4 Å². The molecule has 3 aromatic rings. The van der Waals surface area contributed by atoms with Gasteiger partial charge in [-0.25, -0.2) is 4.98 Å². The Morgan fingerprint density at radius 1 is 1.13 bits per heavy atom. The van der Waals surface area contributed by atoms with Crippen LogP contribution in [-0.2, 0) is 11.0 Å². The van der Waals surface area contributed by atoms with E-state index in [1.807, 2.05) is 42.5 Å². The molecule has 0 aliphatic carbocycles. The zero-order valence-electron chi connectivity index (χ0n) is 16.1. The van der Waals surface area contributed by atoms with Gasteiger partial charge in [-0.05, 0) is 36.2 Å². The average Bonchev–Trinajstić information content (AvgIpc) is 2.90. The lowest BCUT2D eigenvalue weighted by molar-refractivity contribution is -0.138. The number of hydrogen-bond donors (Lipinski definition) is 0. The van der Waals surface area contributed by atoms with Crippen molar-refractivity contribution in [3.8, 4) is 6.07 Å². The summed E-state index contributed by atoms with van der Waals surface area (Å²) in [6.07, 6.45) is -3.12. The van der Waals surface area contributed by atoms with Gasteiger partial charge in [0.25, 0.3) is 0 Å². The molecule has 1 aliphatic heterocycles. The second kappa shape index (κ2) is 7.96. The number of benzene rings is 2. The molecule has 0 atom stereocenters. The summed E-state index contributed by atoms with van der Waals surface area (Å²) < 4.78 is 40.3. The number of nitriles is 1. The van der Waals surface area contributed by atoms with Crippen LogP contribution in [-0.4, -0.2) is 22.5 Å². The molecule has 0 spiro atoms. The Morgan fingerprint density at radius 3 is 2.61 bits per heavy atom. The number of fused-ring (bicyclic) bond motifs is 1. The van der Waals surface area contributed by atoms with Gasteiger partial charge in [0.05, 0.1) is 23.1 Å². The summed E-state index contributed by atoms with van der Waals surface area (Å²) in [5.74, 6) is -0.424. The lowest BCUT2D eigenvalue weighted by Gasteiger charge is -2.30. The number of halogens is 3. The van der Waals surface area contributed by atoms with Crippen LogP contribution in [0, 0.1) is 11.3 Å². The molecule has 2 heterocycles. The normalized spacial score (nSPS) is 15.2. The summed E-state index contributed by atoms with van der Waals surface area (Å²) in [6.45, 7) is 0.435. The lowest BCUT2D eigenvalue weighted by atomic mass is 10.1. The highest BCUT2D eigenvalue weighted by atomic mass is 32.1. The number of thiocarbonyl (C=S) groups is 1. The maximum absolute atomic E-state index is 13.4. The first-order chi connectivity index (χ1) is 14.8. The van der Waals surface area contributed by atoms with Gasteiger partial charge < -0.3 is 4.90 Å². The number of carbonyl (C=O) groups excluding carboxylic acids is 1. The van der Waals surface area contributed by atoms with Crippen molar-refractivity contribution in [3.05, 3.63) is 66.0 Å². The predicted octanol–water partition coefficient (Wildman–Crippen LogP) is 5.04. The topological polar surface area (TPSA) is 60.2 Å². The number of aromatic nitrogens is 1. The maximum atomic E-state index is 13.4. The predicted molar refractivity (Wildman–Crippen MR) is 115 cm³/mol. The fourth-order valence-corrected chi connectivity index (χ4v) is 4.02. The van der Waals surface area contributed by atoms with Crippen LogP contribution in [0.3, 0.4) is 0 Å². The largest absolute Gasteiger partial charge is 0.419 e. The van der Waals surface area contributed by atoms with Crippen LogP contribution in [0.1, 0.15) is 24.1 Å². The van der Waals surface area contributed by atoms with Crippen molar-refractivity contribution in [3.63, 3.8) is 0 Å². The molecule has 9 heteroatoms. The zero-order valence-corrected chi connectivity index (χ0v) is 16.9. The van der Waals surface area contributed by atoms with Crippen LogP contribution in [0.25, 0.3) is 10.8 Å². The molecule has 1 aliphatic rings. The third-order valence-electron chi connectivity index (χ3n) is 5.04. The Labute approximate surface area is 181 Å². The summed E-state index contributed by atoms with van der Waals surface area (Å²) in [7, 11) is 0. The van der Waals surface area contributed by atoms with Gasteiger partial charge in [-0.2, -0.15) is 18.4 Å².